The molecule has 70 valence electrons. The molecule has 1 nitrogen and oxygen atoms in total. The molecular formula is C12H17N. The van der Waals surface area contributed by atoms with E-state index in [0.717, 1.165) is 12.3 Å². The van der Waals surface area contributed by atoms with Gasteiger partial charge in [-0.25, -0.2) is 0 Å². The van der Waals surface area contributed by atoms with Gasteiger partial charge < -0.3 is 5.32 Å². The molecule has 0 atom stereocenters. The lowest BCUT2D eigenvalue weighted by atomic mass is 9.88. The normalized spacial score (nSPS) is 24.2. The first-order valence-electron chi connectivity index (χ1n) is 5.20. The maximum absolute atomic E-state index is 3.41. The van der Waals surface area contributed by atoms with E-state index in [9.17, 15) is 0 Å². The summed E-state index contributed by atoms with van der Waals surface area (Å²) < 4.78 is 0. The Morgan fingerprint density at radius 3 is 2.77 bits per heavy atom. The van der Waals surface area contributed by atoms with Gasteiger partial charge in [0.25, 0.3) is 0 Å². The fourth-order valence-corrected chi connectivity index (χ4v) is 2.09. The summed E-state index contributed by atoms with van der Waals surface area (Å²) in [5, 5.41) is 3.41. The van der Waals surface area contributed by atoms with Gasteiger partial charge in [0.1, 0.15) is 0 Å². The van der Waals surface area contributed by atoms with Crippen LogP contribution in [-0.2, 0) is 0 Å². The molecule has 1 aliphatic carbocycles. The minimum Gasteiger partial charge on any atom is -0.317 e. The largest absolute Gasteiger partial charge is 0.317 e. The van der Waals surface area contributed by atoms with Crippen molar-refractivity contribution in [3.8, 4) is 0 Å². The molecule has 1 aliphatic heterocycles. The lowest BCUT2D eigenvalue weighted by molar-refractivity contribution is 0.416. The molecule has 0 saturated carbocycles. The van der Waals surface area contributed by atoms with Crippen molar-refractivity contribution < 1.29 is 0 Å². The first-order valence-corrected chi connectivity index (χ1v) is 5.20. The molecule has 2 rings (SSSR count). The van der Waals surface area contributed by atoms with E-state index in [2.05, 4.69) is 35.7 Å². The predicted molar refractivity (Wildman–Crippen MR) is 56.6 cm³/mol. The van der Waals surface area contributed by atoms with Crippen LogP contribution in [-0.4, -0.2) is 13.1 Å². The number of nitrogens with one attached hydrogen (secondary N) is 1. The van der Waals surface area contributed by atoms with Gasteiger partial charge in [-0.05, 0) is 38.3 Å². The second kappa shape index (κ2) is 4.43. The van der Waals surface area contributed by atoms with E-state index >= 15 is 0 Å². The Morgan fingerprint density at radius 2 is 1.92 bits per heavy atom. The third kappa shape index (κ3) is 2.31. The van der Waals surface area contributed by atoms with Crippen LogP contribution in [0.15, 0.2) is 36.0 Å². The van der Waals surface area contributed by atoms with E-state index < -0.39 is 0 Å². The molecule has 0 amide bonds. The maximum atomic E-state index is 3.41. The Morgan fingerprint density at radius 1 is 1.08 bits per heavy atom. The molecule has 0 spiro atoms. The molecule has 2 aliphatic rings. The van der Waals surface area contributed by atoms with Crippen molar-refractivity contribution in [3.05, 3.63) is 36.0 Å². The van der Waals surface area contributed by atoms with Crippen LogP contribution in [0.4, 0.5) is 0 Å². The van der Waals surface area contributed by atoms with Gasteiger partial charge in [0.05, 0.1) is 0 Å². The molecule has 0 bridgehead atoms. The summed E-state index contributed by atoms with van der Waals surface area (Å²) in [4.78, 5) is 0. The van der Waals surface area contributed by atoms with Gasteiger partial charge in [-0.15, -0.1) is 0 Å². The molecule has 0 radical (unpaired) electrons. The zero-order chi connectivity index (χ0) is 8.93. The Balaban J connectivity index is 2.01. The van der Waals surface area contributed by atoms with Crippen molar-refractivity contribution in [1.29, 1.82) is 0 Å². The standard InChI is InChI=1S/C12H17N/c1-2-4-6-11(5-3-1)12-7-9-13-10-8-12/h1-5,12-13H,6-10H2. The monoisotopic (exact) mass is 175 g/mol. The van der Waals surface area contributed by atoms with Crippen LogP contribution >= 0.6 is 0 Å². The van der Waals surface area contributed by atoms with Crippen LogP contribution in [0.1, 0.15) is 19.3 Å². The van der Waals surface area contributed by atoms with Crippen molar-refractivity contribution in [2.45, 2.75) is 19.3 Å². The van der Waals surface area contributed by atoms with E-state index in [1.165, 1.54) is 25.9 Å². The molecule has 1 heteroatoms. The zero-order valence-corrected chi connectivity index (χ0v) is 8.00. The van der Waals surface area contributed by atoms with Crippen LogP contribution in [0.2, 0.25) is 0 Å². The first-order chi connectivity index (χ1) is 6.47. The SMILES string of the molecule is C1=CC=C(C2CCNCC2)CC=C1. The van der Waals surface area contributed by atoms with Gasteiger partial charge in [0, 0.05) is 0 Å². The van der Waals surface area contributed by atoms with E-state index in [1.54, 1.807) is 5.57 Å². The summed E-state index contributed by atoms with van der Waals surface area (Å²) in [6, 6.07) is 0. The highest BCUT2D eigenvalue weighted by Gasteiger charge is 2.16. The number of rotatable bonds is 1. The second-order valence-electron chi connectivity index (χ2n) is 3.78. The van der Waals surface area contributed by atoms with Gasteiger partial charge in [-0.3, -0.25) is 0 Å². The summed E-state index contributed by atoms with van der Waals surface area (Å²) in [6.07, 6.45) is 14.8. The highest BCUT2D eigenvalue weighted by atomic mass is 14.9. The van der Waals surface area contributed by atoms with Crippen LogP contribution in [0, 0.1) is 5.92 Å². The van der Waals surface area contributed by atoms with E-state index in [1.807, 2.05) is 0 Å². The number of allylic oxidation sites excluding steroid dienone is 6. The Labute approximate surface area is 80.2 Å². The van der Waals surface area contributed by atoms with Crippen LogP contribution in [0.25, 0.3) is 0 Å². The van der Waals surface area contributed by atoms with Crippen molar-refractivity contribution in [2.24, 2.45) is 5.92 Å². The van der Waals surface area contributed by atoms with Gasteiger partial charge in [-0.2, -0.15) is 0 Å². The van der Waals surface area contributed by atoms with Gasteiger partial charge in [0.15, 0.2) is 0 Å². The average Bonchev–Trinajstić information content (AvgIpc) is 2.47. The third-order valence-electron chi connectivity index (χ3n) is 2.89. The topological polar surface area (TPSA) is 12.0 Å². The smallest absolute Gasteiger partial charge is 0.00432 e. The van der Waals surface area contributed by atoms with Crippen molar-refractivity contribution in [2.75, 3.05) is 13.1 Å². The third-order valence-corrected chi connectivity index (χ3v) is 2.89. The van der Waals surface area contributed by atoms with Gasteiger partial charge in [0.2, 0.25) is 0 Å². The average molecular weight is 175 g/mol. The minimum absolute atomic E-state index is 0.827. The predicted octanol–water partition coefficient (Wildman–Crippen LogP) is 2.43. The quantitative estimate of drug-likeness (QED) is 0.645. The first kappa shape index (κ1) is 8.76. The number of hydrogen-bond acceptors (Lipinski definition) is 1. The Kier molecular flexibility index (Phi) is 2.98. The zero-order valence-electron chi connectivity index (χ0n) is 8.00. The van der Waals surface area contributed by atoms with E-state index in [-0.39, 0.29) is 0 Å². The van der Waals surface area contributed by atoms with Crippen LogP contribution in [0.3, 0.4) is 0 Å². The molecule has 1 N–H and O–H groups in total. The van der Waals surface area contributed by atoms with E-state index in [0.29, 0.717) is 0 Å². The summed E-state index contributed by atoms with van der Waals surface area (Å²) in [5.41, 5.74) is 1.62. The molecule has 0 aromatic rings. The molecule has 0 aromatic heterocycles. The highest BCUT2D eigenvalue weighted by Crippen LogP contribution is 2.25. The molecule has 0 unspecified atom stereocenters. The summed E-state index contributed by atoms with van der Waals surface area (Å²) in [5.74, 6) is 0.827. The molecule has 1 heterocycles. The number of hydrogen-bond donors (Lipinski definition) is 1. The van der Waals surface area contributed by atoms with Gasteiger partial charge >= 0.3 is 0 Å². The fraction of sp³-hybridized carbons (Fsp3) is 0.500. The molecule has 1 fully saturated rings. The minimum atomic E-state index is 0.827. The van der Waals surface area contributed by atoms with Crippen molar-refractivity contribution in [3.63, 3.8) is 0 Å². The van der Waals surface area contributed by atoms with Crippen LogP contribution < -0.4 is 5.32 Å². The summed E-state index contributed by atoms with van der Waals surface area (Å²) in [6.45, 7) is 2.38. The lowest BCUT2D eigenvalue weighted by Gasteiger charge is -2.24. The molecule has 13 heavy (non-hydrogen) atoms. The second-order valence-corrected chi connectivity index (χ2v) is 3.78. The van der Waals surface area contributed by atoms with Crippen molar-refractivity contribution >= 4 is 0 Å². The number of piperidine rings is 1. The Hall–Kier alpha value is -0.820. The highest BCUT2D eigenvalue weighted by molar-refractivity contribution is 5.25. The van der Waals surface area contributed by atoms with E-state index in [4.69, 9.17) is 0 Å². The van der Waals surface area contributed by atoms with Crippen LogP contribution in [0.5, 0.6) is 0 Å². The molecule has 1 saturated heterocycles. The lowest BCUT2D eigenvalue weighted by Crippen LogP contribution is -2.28. The molecule has 0 aromatic carbocycles. The Bertz CT molecular complexity index is 242. The molecular weight excluding hydrogens is 158 g/mol. The van der Waals surface area contributed by atoms with Gasteiger partial charge in [-0.1, -0.05) is 36.0 Å². The van der Waals surface area contributed by atoms with Crippen molar-refractivity contribution in [1.82, 2.24) is 5.32 Å². The fourth-order valence-electron chi connectivity index (χ4n) is 2.09. The summed E-state index contributed by atoms with van der Waals surface area (Å²) in [7, 11) is 0. The summed E-state index contributed by atoms with van der Waals surface area (Å²) >= 11 is 0. The maximum Gasteiger partial charge on any atom is -0.00432 e.